The Morgan fingerprint density at radius 3 is 2.36 bits per heavy atom. The Morgan fingerprint density at radius 1 is 0.974 bits per heavy atom. The van der Waals surface area contributed by atoms with Gasteiger partial charge >= 0.3 is 0 Å². The van der Waals surface area contributed by atoms with Gasteiger partial charge in [0.15, 0.2) is 0 Å². The van der Waals surface area contributed by atoms with Gasteiger partial charge in [0.2, 0.25) is 5.91 Å². The Hall–Kier alpha value is -3.86. The van der Waals surface area contributed by atoms with Crippen LogP contribution in [-0.4, -0.2) is 35.9 Å². The van der Waals surface area contributed by atoms with Gasteiger partial charge in [0.1, 0.15) is 5.37 Å². The van der Waals surface area contributed by atoms with Gasteiger partial charge in [0.05, 0.1) is 22.5 Å². The van der Waals surface area contributed by atoms with E-state index in [0.717, 1.165) is 11.1 Å². The van der Waals surface area contributed by atoms with Crippen molar-refractivity contribution in [3.05, 3.63) is 119 Å². The number of carbonyl (C=O) groups is 2. The number of amides is 2. The van der Waals surface area contributed by atoms with Gasteiger partial charge < -0.3 is 10.2 Å². The Balaban J connectivity index is 1.23. The van der Waals surface area contributed by atoms with Crippen molar-refractivity contribution in [1.82, 2.24) is 9.88 Å². The van der Waals surface area contributed by atoms with Gasteiger partial charge in [-0.1, -0.05) is 35.9 Å². The molecule has 1 aliphatic heterocycles. The summed E-state index contributed by atoms with van der Waals surface area (Å²) in [6, 6.07) is 23.7. The molecule has 2 heterocycles. The van der Waals surface area contributed by atoms with Gasteiger partial charge in [-0.2, -0.15) is 0 Å². The molecule has 39 heavy (non-hydrogen) atoms. The van der Waals surface area contributed by atoms with Gasteiger partial charge in [-0.3, -0.25) is 19.3 Å². The SMILES string of the molecule is O=C(Nc1ccc(S(=O)(=O)Nc2cccnc2)cc1)c1ccc([C@@H]2SCC(=O)N2Cc2ccc(Cl)cc2)cc1. The third-order valence-electron chi connectivity index (χ3n) is 6.03. The highest BCUT2D eigenvalue weighted by Gasteiger charge is 2.32. The van der Waals surface area contributed by atoms with Gasteiger partial charge in [-0.25, -0.2) is 8.42 Å². The Bertz CT molecular complexity index is 1580. The van der Waals surface area contributed by atoms with E-state index in [0.29, 0.717) is 34.3 Å². The molecule has 0 unspecified atom stereocenters. The highest BCUT2D eigenvalue weighted by atomic mass is 35.5. The zero-order chi connectivity index (χ0) is 27.4. The average Bonchev–Trinajstić information content (AvgIpc) is 3.30. The van der Waals surface area contributed by atoms with E-state index in [-0.39, 0.29) is 22.1 Å². The summed E-state index contributed by atoms with van der Waals surface area (Å²) in [4.78, 5) is 31.2. The quantitative estimate of drug-likeness (QED) is 0.283. The van der Waals surface area contributed by atoms with Gasteiger partial charge in [0.25, 0.3) is 15.9 Å². The average molecular weight is 579 g/mol. The van der Waals surface area contributed by atoms with Crippen molar-refractivity contribution < 1.29 is 18.0 Å². The summed E-state index contributed by atoms with van der Waals surface area (Å²) in [6.07, 6.45) is 2.97. The molecule has 2 N–H and O–H groups in total. The van der Waals surface area contributed by atoms with E-state index < -0.39 is 10.0 Å². The van der Waals surface area contributed by atoms with Crippen LogP contribution in [0.3, 0.4) is 0 Å². The monoisotopic (exact) mass is 578 g/mol. The molecule has 0 aliphatic carbocycles. The molecule has 0 bridgehead atoms. The van der Waals surface area contributed by atoms with E-state index in [1.165, 1.54) is 30.5 Å². The highest BCUT2D eigenvalue weighted by Crippen LogP contribution is 2.39. The van der Waals surface area contributed by atoms with Crippen molar-refractivity contribution in [1.29, 1.82) is 0 Å². The second kappa shape index (κ2) is 11.5. The maximum Gasteiger partial charge on any atom is 0.261 e. The number of nitrogens with one attached hydrogen (secondary N) is 2. The van der Waals surface area contributed by atoms with Gasteiger partial charge in [-0.05, 0) is 71.8 Å². The molecule has 3 aromatic carbocycles. The number of thioether (sulfide) groups is 1. The second-order valence-corrected chi connectivity index (χ2v) is 11.9. The molecular formula is C28H23ClN4O4S2. The van der Waals surface area contributed by atoms with Crippen molar-refractivity contribution in [3.8, 4) is 0 Å². The Morgan fingerprint density at radius 2 is 1.69 bits per heavy atom. The van der Waals surface area contributed by atoms with Crippen molar-refractivity contribution in [2.24, 2.45) is 0 Å². The minimum atomic E-state index is -3.79. The maximum atomic E-state index is 12.8. The molecule has 0 saturated carbocycles. The lowest BCUT2D eigenvalue weighted by molar-refractivity contribution is -0.128. The van der Waals surface area contributed by atoms with Crippen molar-refractivity contribution >= 4 is 56.6 Å². The van der Waals surface area contributed by atoms with Crippen LogP contribution in [0.4, 0.5) is 11.4 Å². The van der Waals surface area contributed by atoms with Crippen LogP contribution >= 0.6 is 23.4 Å². The molecule has 1 atom stereocenters. The fraction of sp³-hybridized carbons (Fsp3) is 0.107. The number of hydrogen-bond donors (Lipinski definition) is 2. The molecule has 0 radical (unpaired) electrons. The number of nitrogens with zero attached hydrogens (tertiary/aromatic N) is 2. The first-order valence-corrected chi connectivity index (χ1v) is 14.8. The molecule has 1 saturated heterocycles. The van der Waals surface area contributed by atoms with Crippen LogP contribution in [0, 0.1) is 0 Å². The number of halogens is 1. The summed E-state index contributed by atoms with van der Waals surface area (Å²) in [5.74, 6) is 0.117. The second-order valence-electron chi connectivity index (χ2n) is 8.76. The molecule has 1 aliphatic rings. The van der Waals surface area contributed by atoms with Crippen LogP contribution in [0.1, 0.15) is 26.9 Å². The molecule has 198 valence electrons. The number of rotatable bonds is 8. The molecule has 11 heteroatoms. The summed E-state index contributed by atoms with van der Waals surface area (Å²) < 4.78 is 27.7. The lowest BCUT2D eigenvalue weighted by atomic mass is 10.1. The molecule has 1 aromatic heterocycles. The van der Waals surface area contributed by atoms with E-state index in [2.05, 4.69) is 15.0 Å². The molecule has 5 rings (SSSR count). The van der Waals surface area contributed by atoms with E-state index in [1.807, 2.05) is 29.2 Å². The van der Waals surface area contributed by atoms with Crippen molar-refractivity contribution in [2.75, 3.05) is 15.8 Å². The van der Waals surface area contributed by atoms with Gasteiger partial charge in [-0.15, -0.1) is 11.8 Å². The van der Waals surface area contributed by atoms with Crippen LogP contribution in [0.25, 0.3) is 0 Å². The topological polar surface area (TPSA) is 108 Å². The standard InChI is InChI=1S/C28H23ClN4O4S2/c29-22-9-3-19(4-10-22)17-33-26(34)18-38-28(33)21-7-5-20(6-8-21)27(35)31-23-11-13-25(14-12-23)39(36,37)32-24-2-1-15-30-16-24/h1-16,28,32H,17-18H2,(H,31,35)/t28-/m0/s1. The fourth-order valence-corrected chi connectivity index (χ4v) is 6.40. The molecule has 8 nitrogen and oxygen atoms in total. The first kappa shape index (κ1) is 26.7. The van der Waals surface area contributed by atoms with Crippen molar-refractivity contribution in [2.45, 2.75) is 16.8 Å². The summed E-state index contributed by atoms with van der Waals surface area (Å²) in [5, 5.41) is 3.27. The third-order valence-corrected chi connectivity index (χ3v) is 8.93. The number of pyridine rings is 1. The zero-order valence-electron chi connectivity index (χ0n) is 20.5. The number of anilines is 2. The maximum absolute atomic E-state index is 12.8. The third kappa shape index (κ3) is 6.42. The lowest BCUT2D eigenvalue weighted by Gasteiger charge is -2.24. The van der Waals surface area contributed by atoms with E-state index in [9.17, 15) is 18.0 Å². The lowest BCUT2D eigenvalue weighted by Crippen LogP contribution is -2.27. The number of benzene rings is 3. The van der Waals surface area contributed by atoms with Gasteiger partial charge in [0, 0.05) is 29.0 Å². The first-order chi connectivity index (χ1) is 18.8. The number of carbonyl (C=O) groups excluding carboxylic acids is 2. The normalized spacial score (nSPS) is 15.3. The summed E-state index contributed by atoms with van der Waals surface area (Å²) in [5.41, 5.74) is 3.16. The smallest absolute Gasteiger partial charge is 0.261 e. The minimum absolute atomic E-state index is 0.0560. The summed E-state index contributed by atoms with van der Waals surface area (Å²) >= 11 is 7.53. The number of hydrogen-bond acceptors (Lipinski definition) is 6. The molecule has 0 spiro atoms. The summed E-state index contributed by atoms with van der Waals surface area (Å²) in [6.45, 7) is 0.472. The number of sulfonamides is 1. The van der Waals surface area contributed by atoms with Crippen LogP contribution in [0.2, 0.25) is 5.02 Å². The minimum Gasteiger partial charge on any atom is -0.322 e. The molecule has 4 aromatic rings. The Labute approximate surface area is 235 Å². The largest absolute Gasteiger partial charge is 0.322 e. The van der Waals surface area contributed by atoms with E-state index in [4.69, 9.17) is 11.6 Å². The van der Waals surface area contributed by atoms with E-state index in [1.54, 1.807) is 54.4 Å². The number of aromatic nitrogens is 1. The van der Waals surface area contributed by atoms with Crippen LogP contribution in [-0.2, 0) is 21.4 Å². The zero-order valence-corrected chi connectivity index (χ0v) is 22.8. The fourth-order valence-electron chi connectivity index (χ4n) is 4.04. The highest BCUT2D eigenvalue weighted by molar-refractivity contribution is 8.00. The predicted molar refractivity (Wildman–Crippen MR) is 153 cm³/mol. The molecular weight excluding hydrogens is 556 g/mol. The Kier molecular flexibility index (Phi) is 7.87. The first-order valence-electron chi connectivity index (χ1n) is 11.9. The summed E-state index contributed by atoms with van der Waals surface area (Å²) in [7, 11) is -3.79. The van der Waals surface area contributed by atoms with Crippen molar-refractivity contribution in [3.63, 3.8) is 0 Å². The molecule has 1 fully saturated rings. The molecule has 2 amide bonds. The van der Waals surface area contributed by atoms with E-state index >= 15 is 0 Å². The van der Waals surface area contributed by atoms with Crippen LogP contribution < -0.4 is 10.0 Å². The predicted octanol–water partition coefficient (Wildman–Crippen LogP) is 5.56. The van der Waals surface area contributed by atoms with Crippen LogP contribution in [0.15, 0.2) is 102 Å². The van der Waals surface area contributed by atoms with Crippen LogP contribution in [0.5, 0.6) is 0 Å².